The molecule has 1 unspecified atom stereocenters. The molecule has 3 nitrogen and oxygen atoms in total. The molecule has 0 aromatic carbocycles. The van der Waals surface area contributed by atoms with Gasteiger partial charge >= 0.3 is 0 Å². The Balaban J connectivity index is 4.10. The summed E-state index contributed by atoms with van der Waals surface area (Å²) in [5.41, 5.74) is 3.02. The molecule has 0 saturated heterocycles. The molecular formula is C11H26N2O. The number of ether oxygens (including phenoxy) is 1. The van der Waals surface area contributed by atoms with Crippen LogP contribution in [0.1, 0.15) is 47.5 Å². The third-order valence-corrected chi connectivity index (χ3v) is 2.83. The molecule has 14 heavy (non-hydrogen) atoms. The molecule has 0 rings (SSSR count). The van der Waals surface area contributed by atoms with Crippen molar-refractivity contribution in [1.29, 1.82) is 0 Å². The normalized spacial score (nSPS) is 15.6. The first-order valence-electron chi connectivity index (χ1n) is 5.24. The van der Waals surface area contributed by atoms with Crippen LogP contribution in [0.4, 0.5) is 0 Å². The summed E-state index contributed by atoms with van der Waals surface area (Å²) >= 11 is 0. The Kier molecular flexibility index (Phi) is 5.06. The molecule has 0 heterocycles. The van der Waals surface area contributed by atoms with E-state index in [-0.39, 0.29) is 11.0 Å². The van der Waals surface area contributed by atoms with Gasteiger partial charge in [0.25, 0.3) is 0 Å². The van der Waals surface area contributed by atoms with Crippen molar-refractivity contribution in [2.24, 2.45) is 11.3 Å². The first kappa shape index (κ1) is 13.9. The van der Waals surface area contributed by atoms with Gasteiger partial charge in [-0.2, -0.15) is 0 Å². The number of hydrazine groups is 1. The maximum atomic E-state index is 5.54. The van der Waals surface area contributed by atoms with Gasteiger partial charge in [-0.3, -0.25) is 11.3 Å². The van der Waals surface area contributed by atoms with Crippen LogP contribution < -0.4 is 11.3 Å². The third-order valence-electron chi connectivity index (χ3n) is 2.83. The van der Waals surface area contributed by atoms with Gasteiger partial charge < -0.3 is 4.74 Å². The second-order valence-electron chi connectivity index (χ2n) is 5.59. The van der Waals surface area contributed by atoms with Crippen molar-refractivity contribution in [1.82, 2.24) is 5.43 Å². The maximum absolute atomic E-state index is 5.54. The molecule has 0 bridgehead atoms. The summed E-state index contributed by atoms with van der Waals surface area (Å²) in [4.78, 5) is 0. The van der Waals surface area contributed by atoms with Crippen molar-refractivity contribution in [3.8, 4) is 0 Å². The standard InChI is InChI=1S/C11H26N2O/c1-10(2,3)9(13-12)7-8-11(4,5)14-6/h9,13H,7-8,12H2,1-6H3. The summed E-state index contributed by atoms with van der Waals surface area (Å²) in [6.45, 7) is 10.8. The molecule has 1 atom stereocenters. The van der Waals surface area contributed by atoms with E-state index in [9.17, 15) is 0 Å². The molecule has 0 amide bonds. The molecule has 0 radical (unpaired) electrons. The lowest BCUT2D eigenvalue weighted by Gasteiger charge is -2.33. The average Bonchev–Trinajstić information content (AvgIpc) is 2.03. The van der Waals surface area contributed by atoms with Crippen molar-refractivity contribution in [2.45, 2.75) is 59.1 Å². The smallest absolute Gasteiger partial charge is 0.0623 e. The van der Waals surface area contributed by atoms with Gasteiger partial charge in [-0.05, 0) is 32.1 Å². The highest BCUT2D eigenvalue weighted by atomic mass is 16.5. The summed E-state index contributed by atoms with van der Waals surface area (Å²) in [5, 5.41) is 0. The van der Waals surface area contributed by atoms with Gasteiger partial charge in [0.2, 0.25) is 0 Å². The van der Waals surface area contributed by atoms with Gasteiger partial charge in [-0.25, -0.2) is 0 Å². The Hall–Kier alpha value is -0.120. The molecular weight excluding hydrogens is 176 g/mol. The van der Waals surface area contributed by atoms with Gasteiger partial charge in [0.1, 0.15) is 0 Å². The Morgan fingerprint density at radius 2 is 1.71 bits per heavy atom. The fourth-order valence-corrected chi connectivity index (χ4v) is 1.36. The van der Waals surface area contributed by atoms with Crippen LogP contribution in [0.25, 0.3) is 0 Å². The predicted octanol–water partition coefficient (Wildman–Crippen LogP) is 2.07. The third kappa shape index (κ3) is 4.94. The Labute approximate surface area is 88.4 Å². The molecule has 86 valence electrons. The zero-order valence-electron chi connectivity index (χ0n) is 10.5. The van der Waals surface area contributed by atoms with Crippen molar-refractivity contribution >= 4 is 0 Å². The summed E-state index contributed by atoms with van der Waals surface area (Å²) < 4.78 is 5.38. The van der Waals surface area contributed by atoms with E-state index in [0.29, 0.717) is 6.04 Å². The zero-order chi connectivity index (χ0) is 11.4. The zero-order valence-corrected chi connectivity index (χ0v) is 10.5. The number of hydrogen-bond donors (Lipinski definition) is 2. The monoisotopic (exact) mass is 202 g/mol. The van der Waals surface area contributed by atoms with Crippen LogP contribution in [0.15, 0.2) is 0 Å². The van der Waals surface area contributed by atoms with Gasteiger partial charge in [-0.15, -0.1) is 0 Å². The number of methoxy groups -OCH3 is 1. The molecule has 0 fully saturated rings. The minimum Gasteiger partial charge on any atom is -0.379 e. The van der Waals surface area contributed by atoms with Crippen LogP contribution in [0.3, 0.4) is 0 Å². The van der Waals surface area contributed by atoms with E-state index in [1.807, 2.05) is 0 Å². The maximum Gasteiger partial charge on any atom is 0.0623 e. The lowest BCUT2D eigenvalue weighted by molar-refractivity contribution is 0.00856. The summed E-state index contributed by atoms with van der Waals surface area (Å²) in [5.74, 6) is 5.54. The molecule has 0 aliphatic rings. The number of hydrogen-bond acceptors (Lipinski definition) is 3. The lowest BCUT2D eigenvalue weighted by Crippen LogP contribution is -2.45. The topological polar surface area (TPSA) is 47.3 Å². The molecule has 0 saturated carbocycles. The summed E-state index contributed by atoms with van der Waals surface area (Å²) in [7, 11) is 1.75. The molecule has 3 N–H and O–H groups in total. The van der Waals surface area contributed by atoms with Crippen LogP contribution in [-0.4, -0.2) is 18.8 Å². The van der Waals surface area contributed by atoms with Crippen molar-refractivity contribution in [2.75, 3.05) is 7.11 Å². The van der Waals surface area contributed by atoms with E-state index in [0.717, 1.165) is 12.8 Å². The molecule has 0 aromatic heterocycles. The molecule has 0 aliphatic carbocycles. The second kappa shape index (κ2) is 5.10. The van der Waals surface area contributed by atoms with E-state index < -0.39 is 0 Å². The Morgan fingerprint density at radius 1 is 1.21 bits per heavy atom. The number of rotatable bonds is 5. The Morgan fingerprint density at radius 3 is 2.00 bits per heavy atom. The molecule has 3 heteroatoms. The highest BCUT2D eigenvalue weighted by Gasteiger charge is 2.26. The summed E-state index contributed by atoms with van der Waals surface area (Å²) in [6, 6.07) is 0.330. The predicted molar refractivity (Wildman–Crippen MR) is 60.9 cm³/mol. The van der Waals surface area contributed by atoms with E-state index in [1.54, 1.807) is 7.11 Å². The highest BCUT2D eigenvalue weighted by Crippen LogP contribution is 2.25. The van der Waals surface area contributed by atoms with E-state index >= 15 is 0 Å². The quantitative estimate of drug-likeness (QED) is 0.530. The second-order valence-corrected chi connectivity index (χ2v) is 5.59. The first-order chi connectivity index (χ1) is 6.23. The molecule has 0 spiro atoms. The van der Waals surface area contributed by atoms with Crippen molar-refractivity contribution in [3.63, 3.8) is 0 Å². The van der Waals surface area contributed by atoms with Gasteiger partial charge in [-0.1, -0.05) is 20.8 Å². The molecule has 0 aromatic rings. The fourth-order valence-electron chi connectivity index (χ4n) is 1.36. The van der Waals surface area contributed by atoms with Crippen LogP contribution in [-0.2, 0) is 4.74 Å². The van der Waals surface area contributed by atoms with Gasteiger partial charge in [0.05, 0.1) is 5.60 Å². The van der Waals surface area contributed by atoms with Crippen LogP contribution >= 0.6 is 0 Å². The van der Waals surface area contributed by atoms with Crippen LogP contribution in [0.2, 0.25) is 0 Å². The first-order valence-corrected chi connectivity index (χ1v) is 5.24. The summed E-state index contributed by atoms with van der Waals surface area (Å²) in [6.07, 6.45) is 2.04. The Bertz CT molecular complexity index is 161. The SMILES string of the molecule is COC(C)(C)CCC(NN)C(C)(C)C. The van der Waals surface area contributed by atoms with Gasteiger partial charge in [0, 0.05) is 13.2 Å². The average molecular weight is 202 g/mol. The minimum absolute atomic E-state index is 0.0552. The van der Waals surface area contributed by atoms with E-state index in [4.69, 9.17) is 10.6 Å². The minimum atomic E-state index is -0.0552. The van der Waals surface area contributed by atoms with E-state index in [1.165, 1.54) is 0 Å². The van der Waals surface area contributed by atoms with Gasteiger partial charge in [0.15, 0.2) is 0 Å². The number of nitrogens with two attached hydrogens (primary N) is 1. The van der Waals surface area contributed by atoms with Crippen LogP contribution in [0.5, 0.6) is 0 Å². The van der Waals surface area contributed by atoms with Crippen molar-refractivity contribution in [3.05, 3.63) is 0 Å². The van der Waals surface area contributed by atoms with Crippen LogP contribution in [0, 0.1) is 5.41 Å². The highest BCUT2D eigenvalue weighted by molar-refractivity contribution is 4.81. The fraction of sp³-hybridized carbons (Fsp3) is 1.00. The lowest BCUT2D eigenvalue weighted by atomic mass is 9.82. The van der Waals surface area contributed by atoms with E-state index in [2.05, 4.69) is 40.0 Å². The van der Waals surface area contributed by atoms with Crippen molar-refractivity contribution < 1.29 is 4.74 Å². The molecule has 0 aliphatic heterocycles. The number of nitrogens with one attached hydrogen (secondary N) is 1. The largest absolute Gasteiger partial charge is 0.379 e.